The van der Waals surface area contributed by atoms with Gasteiger partial charge in [0.05, 0.1) is 17.2 Å². The van der Waals surface area contributed by atoms with Crippen LogP contribution in [0.4, 0.5) is 11.4 Å². The van der Waals surface area contributed by atoms with Crippen LogP contribution < -0.4 is 10.0 Å². The molecule has 0 aliphatic heterocycles. The third-order valence-electron chi connectivity index (χ3n) is 5.08. The number of rotatable bonds is 7. The first-order chi connectivity index (χ1) is 14.7. The zero-order valence-electron chi connectivity index (χ0n) is 18.0. The highest BCUT2D eigenvalue weighted by molar-refractivity contribution is 7.92. The molecule has 3 aromatic carbocycles. The van der Waals surface area contributed by atoms with Gasteiger partial charge >= 0.3 is 0 Å². The van der Waals surface area contributed by atoms with Gasteiger partial charge in [-0.1, -0.05) is 30.3 Å². The van der Waals surface area contributed by atoms with Gasteiger partial charge in [0.25, 0.3) is 15.9 Å². The summed E-state index contributed by atoms with van der Waals surface area (Å²) in [6.07, 6.45) is 0. The van der Waals surface area contributed by atoms with Gasteiger partial charge in [-0.15, -0.1) is 0 Å². The molecule has 0 saturated carbocycles. The Bertz CT molecular complexity index is 1220. The Hall–Kier alpha value is -3.16. The molecular weight excluding hydrogens is 412 g/mol. The minimum atomic E-state index is -3.87. The molecule has 0 radical (unpaired) electrons. The Balaban J connectivity index is 1.88. The van der Waals surface area contributed by atoms with Gasteiger partial charge in [0.15, 0.2) is 0 Å². The van der Waals surface area contributed by atoms with Gasteiger partial charge in [-0.2, -0.15) is 0 Å². The van der Waals surface area contributed by atoms with Crippen molar-refractivity contribution in [2.75, 3.05) is 17.1 Å². The summed E-state index contributed by atoms with van der Waals surface area (Å²) in [6, 6.07) is 17.4. The number of aryl methyl sites for hydroxylation is 2. The van der Waals surface area contributed by atoms with Crippen molar-refractivity contribution in [2.24, 2.45) is 0 Å². The summed E-state index contributed by atoms with van der Waals surface area (Å²) in [7, 11) is -2.27. The summed E-state index contributed by atoms with van der Waals surface area (Å²) >= 11 is 0. The van der Waals surface area contributed by atoms with Crippen LogP contribution >= 0.6 is 0 Å². The van der Waals surface area contributed by atoms with E-state index < -0.39 is 15.9 Å². The van der Waals surface area contributed by atoms with E-state index in [0.717, 1.165) is 16.7 Å². The Morgan fingerprint density at radius 3 is 2.42 bits per heavy atom. The largest absolute Gasteiger partial charge is 0.380 e. The first-order valence-electron chi connectivity index (χ1n) is 9.80. The quantitative estimate of drug-likeness (QED) is 0.554. The van der Waals surface area contributed by atoms with Crippen LogP contribution in [0.5, 0.6) is 0 Å². The molecular formula is C24H26N2O4S. The SMILES string of the molecule is COCc1cccc(NC(=O)c2ccc(C)c(S(=O)(=O)Nc3cccc(C)c3C)c2)c1. The highest BCUT2D eigenvalue weighted by atomic mass is 32.2. The monoisotopic (exact) mass is 438 g/mol. The number of benzene rings is 3. The van der Waals surface area contributed by atoms with Crippen molar-refractivity contribution in [3.63, 3.8) is 0 Å². The zero-order chi connectivity index (χ0) is 22.6. The highest BCUT2D eigenvalue weighted by Gasteiger charge is 2.20. The highest BCUT2D eigenvalue weighted by Crippen LogP contribution is 2.25. The van der Waals surface area contributed by atoms with E-state index in [2.05, 4.69) is 10.0 Å². The molecule has 3 rings (SSSR count). The molecule has 2 N–H and O–H groups in total. The summed E-state index contributed by atoms with van der Waals surface area (Å²) in [5.41, 5.74) is 4.70. The molecule has 162 valence electrons. The third kappa shape index (κ3) is 5.31. The second kappa shape index (κ2) is 9.32. The normalized spacial score (nSPS) is 11.2. The molecule has 6 nitrogen and oxygen atoms in total. The number of ether oxygens (including phenoxy) is 1. The van der Waals surface area contributed by atoms with E-state index >= 15 is 0 Å². The van der Waals surface area contributed by atoms with Gasteiger partial charge < -0.3 is 10.1 Å². The van der Waals surface area contributed by atoms with Crippen molar-refractivity contribution in [1.82, 2.24) is 0 Å². The molecule has 0 saturated heterocycles. The summed E-state index contributed by atoms with van der Waals surface area (Å²) in [6.45, 7) is 5.92. The molecule has 0 heterocycles. The molecule has 3 aromatic rings. The lowest BCUT2D eigenvalue weighted by atomic mass is 10.1. The van der Waals surface area contributed by atoms with Crippen LogP contribution in [-0.4, -0.2) is 21.4 Å². The third-order valence-corrected chi connectivity index (χ3v) is 6.59. The summed E-state index contributed by atoms with van der Waals surface area (Å²) in [4.78, 5) is 12.8. The van der Waals surface area contributed by atoms with Crippen LogP contribution in [0.25, 0.3) is 0 Å². The first-order valence-corrected chi connectivity index (χ1v) is 11.3. The number of carbonyl (C=O) groups is 1. The van der Waals surface area contributed by atoms with Gasteiger partial charge in [-0.05, 0) is 73.4 Å². The maximum absolute atomic E-state index is 13.1. The van der Waals surface area contributed by atoms with Crippen molar-refractivity contribution in [3.8, 4) is 0 Å². The van der Waals surface area contributed by atoms with E-state index in [4.69, 9.17) is 4.74 Å². The molecule has 7 heteroatoms. The van der Waals surface area contributed by atoms with Crippen molar-refractivity contribution < 1.29 is 17.9 Å². The average Bonchev–Trinajstić information content (AvgIpc) is 2.72. The lowest BCUT2D eigenvalue weighted by molar-refractivity contribution is 0.102. The van der Waals surface area contributed by atoms with Crippen molar-refractivity contribution in [2.45, 2.75) is 32.3 Å². The van der Waals surface area contributed by atoms with Gasteiger partial charge in [0.1, 0.15) is 0 Å². The fourth-order valence-electron chi connectivity index (χ4n) is 3.20. The van der Waals surface area contributed by atoms with E-state index in [9.17, 15) is 13.2 Å². The molecule has 0 atom stereocenters. The van der Waals surface area contributed by atoms with Crippen LogP contribution in [0.2, 0.25) is 0 Å². The van der Waals surface area contributed by atoms with Crippen LogP contribution in [0.1, 0.15) is 32.6 Å². The number of sulfonamides is 1. The molecule has 0 aliphatic rings. The lowest BCUT2D eigenvalue weighted by Crippen LogP contribution is -2.17. The van der Waals surface area contributed by atoms with Crippen LogP contribution in [0.15, 0.2) is 65.6 Å². The predicted molar refractivity (Wildman–Crippen MR) is 123 cm³/mol. The van der Waals surface area contributed by atoms with E-state index in [1.165, 1.54) is 6.07 Å². The number of anilines is 2. The second-order valence-corrected chi connectivity index (χ2v) is 9.07. The molecule has 1 amide bonds. The van der Waals surface area contributed by atoms with Crippen LogP contribution in [0, 0.1) is 20.8 Å². The maximum Gasteiger partial charge on any atom is 0.262 e. The molecule has 0 unspecified atom stereocenters. The van der Waals surface area contributed by atoms with Crippen molar-refractivity contribution in [3.05, 3.63) is 88.5 Å². The zero-order valence-corrected chi connectivity index (χ0v) is 18.8. The standard InChI is InChI=1S/C24H26N2O4S/c1-16-7-5-10-22(18(16)3)26-31(28,29)23-14-20(12-11-17(23)2)24(27)25-21-9-6-8-19(13-21)15-30-4/h5-14,26H,15H2,1-4H3,(H,25,27). The van der Waals surface area contributed by atoms with Crippen molar-refractivity contribution >= 4 is 27.3 Å². The topological polar surface area (TPSA) is 84.5 Å². The molecule has 0 aliphatic carbocycles. The van der Waals surface area contributed by atoms with E-state index in [1.807, 2.05) is 38.1 Å². The average molecular weight is 439 g/mol. The Labute approximate surface area is 183 Å². The number of carbonyl (C=O) groups excluding carboxylic acids is 1. The Morgan fingerprint density at radius 2 is 1.68 bits per heavy atom. The Kier molecular flexibility index (Phi) is 6.77. The summed E-state index contributed by atoms with van der Waals surface area (Å²) < 4.78 is 33.9. The van der Waals surface area contributed by atoms with Crippen LogP contribution in [0.3, 0.4) is 0 Å². The summed E-state index contributed by atoms with van der Waals surface area (Å²) in [5.74, 6) is -0.391. The minimum absolute atomic E-state index is 0.0641. The number of nitrogens with one attached hydrogen (secondary N) is 2. The fourth-order valence-corrected chi connectivity index (χ4v) is 4.60. The van der Waals surface area contributed by atoms with Gasteiger partial charge in [0.2, 0.25) is 0 Å². The molecule has 0 fully saturated rings. The van der Waals surface area contributed by atoms with E-state index in [-0.39, 0.29) is 10.5 Å². The smallest absolute Gasteiger partial charge is 0.262 e. The molecule has 31 heavy (non-hydrogen) atoms. The maximum atomic E-state index is 13.1. The van der Waals surface area contributed by atoms with Gasteiger partial charge in [0, 0.05) is 18.4 Å². The van der Waals surface area contributed by atoms with Gasteiger partial charge in [-0.3, -0.25) is 9.52 Å². The number of methoxy groups -OCH3 is 1. The van der Waals surface area contributed by atoms with Gasteiger partial charge in [-0.25, -0.2) is 8.42 Å². The number of amides is 1. The summed E-state index contributed by atoms with van der Waals surface area (Å²) in [5, 5.41) is 2.81. The van der Waals surface area contributed by atoms with E-state index in [0.29, 0.717) is 23.5 Å². The lowest BCUT2D eigenvalue weighted by Gasteiger charge is -2.15. The van der Waals surface area contributed by atoms with E-state index in [1.54, 1.807) is 44.4 Å². The molecule has 0 spiro atoms. The minimum Gasteiger partial charge on any atom is -0.380 e. The molecule has 0 bridgehead atoms. The fraction of sp³-hybridized carbons (Fsp3) is 0.208. The van der Waals surface area contributed by atoms with Crippen molar-refractivity contribution in [1.29, 1.82) is 0 Å². The predicted octanol–water partition coefficient (Wildman–Crippen LogP) is 4.81. The second-order valence-electron chi connectivity index (χ2n) is 7.42. The first kappa shape index (κ1) is 22.5. The number of hydrogen-bond donors (Lipinski definition) is 2. The Morgan fingerprint density at radius 1 is 0.935 bits per heavy atom. The number of hydrogen-bond acceptors (Lipinski definition) is 4. The van der Waals surface area contributed by atoms with Crippen LogP contribution in [-0.2, 0) is 21.4 Å². The molecule has 0 aromatic heterocycles.